The number of fused-ring (bicyclic) bond motifs is 2. The molecule has 148 valence electrons. The number of hydrogen-bond acceptors (Lipinski definition) is 3. The van der Waals surface area contributed by atoms with E-state index >= 15 is 0 Å². The quantitative estimate of drug-likeness (QED) is 0.788. The summed E-state index contributed by atoms with van der Waals surface area (Å²) in [5.41, 5.74) is 2.44. The molecule has 4 nitrogen and oxygen atoms in total. The Bertz CT molecular complexity index is 817. The van der Waals surface area contributed by atoms with E-state index in [4.69, 9.17) is 0 Å². The molecule has 5 heteroatoms. The minimum Gasteiger partial charge on any atom is -0.339 e. The first-order valence-electron chi connectivity index (χ1n) is 10.6. The van der Waals surface area contributed by atoms with Crippen LogP contribution in [0.3, 0.4) is 0 Å². The first kappa shape index (κ1) is 19.0. The van der Waals surface area contributed by atoms with Crippen molar-refractivity contribution in [1.82, 2.24) is 4.90 Å². The third kappa shape index (κ3) is 3.80. The van der Waals surface area contributed by atoms with Gasteiger partial charge >= 0.3 is 0 Å². The van der Waals surface area contributed by atoms with Crippen molar-refractivity contribution in [3.05, 3.63) is 29.3 Å². The van der Waals surface area contributed by atoms with Gasteiger partial charge in [0.15, 0.2) is 9.84 Å². The maximum Gasteiger partial charge on any atom is 0.223 e. The molecule has 1 saturated heterocycles. The topological polar surface area (TPSA) is 54.5 Å². The number of nitrogens with zero attached hydrogens (tertiary/aromatic N) is 1. The van der Waals surface area contributed by atoms with E-state index < -0.39 is 9.84 Å². The number of hydrogen-bond donors (Lipinski definition) is 0. The van der Waals surface area contributed by atoms with Gasteiger partial charge < -0.3 is 4.90 Å². The average Bonchev–Trinajstić information content (AvgIpc) is 3.14. The molecule has 0 bridgehead atoms. The van der Waals surface area contributed by atoms with Gasteiger partial charge in [0.25, 0.3) is 0 Å². The molecule has 2 fully saturated rings. The number of piperidine rings is 1. The molecule has 4 rings (SSSR count). The second-order valence-corrected chi connectivity index (χ2v) is 10.8. The predicted molar refractivity (Wildman–Crippen MR) is 106 cm³/mol. The van der Waals surface area contributed by atoms with Gasteiger partial charge in [0, 0.05) is 19.0 Å². The van der Waals surface area contributed by atoms with Crippen molar-refractivity contribution in [3.63, 3.8) is 0 Å². The van der Waals surface area contributed by atoms with Crippen molar-refractivity contribution in [2.75, 3.05) is 12.3 Å². The lowest BCUT2D eigenvalue weighted by Crippen LogP contribution is -2.52. The normalized spacial score (nSPS) is 27.9. The Hall–Kier alpha value is -1.36. The summed E-state index contributed by atoms with van der Waals surface area (Å²) >= 11 is 0. The molecule has 1 aliphatic heterocycles. The number of carbonyl (C=O) groups excluding carboxylic acids is 1. The zero-order valence-electron chi connectivity index (χ0n) is 16.3. The summed E-state index contributed by atoms with van der Waals surface area (Å²) in [7, 11) is -3.40. The van der Waals surface area contributed by atoms with Gasteiger partial charge in [0.2, 0.25) is 5.91 Å². The van der Waals surface area contributed by atoms with Gasteiger partial charge in [-0.25, -0.2) is 8.42 Å². The van der Waals surface area contributed by atoms with Crippen LogP contribution in [0.4, 0.5) is 0 Å². The minimum absolute atomic E-state index is 0.0311. The number of carbonyl (C=O) groups is 1. The van der Waals surface area contributed by atoms with Crippen LogP contribution in [0.1, 0.15) is 63.0 Å². The van der Waals surface area contributed by atoms with Crippen LogP contribution in [-0.4, -0.2) is 37.6 Å². The molecule has 27 heavy (non-hydrogen) atoms. The lowest BCUT2D eigenvalue weighted by atomic mass is 9.72. The summed E-state index contributed by atoms with van der Waals surface area (Å²) in [5.74, 6) is 1.23. The summed E-state index contributed by atoms with van der Waals surface area (Å²) in [5, 5.41) is 0. The first-order chi connectivity index (χ1) is 13.0. The van der Waals surface area contributed by atoms with Crippen LogP contribution in [0, 0.1) is 11.8 Å². The zero-order valence-corrected chi connectivity index (χ0v) is 17.1. The van der Waals surface area contributed by atoms with Crippen molar-refractivity contribution >= 4 is 15.7 Å². The fourth-order valence-electron chi connectivity index (χ4n) is 5.45. The van der Waals surface area contributed by atoms with E-state index in [-0.39, 0.29) is 18.1 Å². The summed E-state index contributed by atoms with van der Waals surface area (Å²) in [4.78, 5) is 15.3. The third-order valence-electron chi connectivity index (χ3n) is 7.07. The number of benzene rings is 1. The highest BCUT2D eigenvalue weighted by molar-refractivity contribution is 7.91. The van der Waals surface area contributed by atoms with Crippen molar-refractivity contribution in [2.45, 2.75) is 75.6 Å². The number of aryl methyl sites for hydroxylation is 2. The Morgan fingerprint density at radius 3 is 2.70 bits per heavy atom. The third-order valence-corrected chi connectivity index (χ3v) is 8.79. The highest BCUT2D eigenvalue weighted by Crippen LogP contribution is 2.39. The molecule has 1 aromatic rings. The molecule has 2 aliphatic carbocycles. The standard InChI is InChI=1S/C22H31NO3S/c1-16-11-13-23(21-8-3-2-7-20(16)21)22(24)12-14-27(25,26)19-10-9-17-5-4-6-18(17)15-19/h9-10,15-16,20-21H,2-8,11-14H2,1H3. The zero-order chi connectivity index (χ0) is 19.0. The summed E-state index contributed by atoms with van der Waals surface area (Å²) in [6, 6.07) is 5.85. The van der Waals surface area contributed by atoms with Gasteiger partial charge in [-0.1, -0.05) is 25.8 Å². The maximum atomic E-state index is 12.9. The molecule has 1 saturated carbocycles. The minimum atomic E-state index is -3.40. The molecule has 3 unspecified atom stereocenters. The highest BCUT2D eigenvalue weighted by Gasteiger charge is 2.39. The Labute approximate surface area is 163 Å². The lowest BCUT2D eigenvalue weighted by molar-refractivity contribution is -0.138. The molecule has 1 heterocycles. The van der Waals surface area contributed by atoms with E-state index in [1.54, 1.807) is 6.07 Å². The molecule has 3 aliphatic rings. The number of likely N-dealkylation sites (tertiary alicyclic amines) is 1. The van der Waals surface area contributed by atoms with Crippen molar-refractivity contribution in [2.24, 2.45) is 11.8 Å². The highest BCUT2D eigenvalue weighted by atomic mass is 32.2. The average molecular weight is 390 g/mol. The Kier molecular flexibility index (Phi) is 5.32. The number of rotatable bonds is 4. The first-order valence-corrected chi connectivity index (χ1v) is 12.2. The molecule has 3 atom stereocenters. The fourth-order valence-corrected chi connectivity index (χ4v) is 6.72. The van der Waals surface area contributed by atoms with Crippen molar-refractivity contribution in [1.29, 1.82) is 0 Å². The lowest BCUT2D eigenvalue weighted by Gasteiger charge is -2.47. The Morgan fingerprint density at radius 1 is 1.07 bits per heavy atom. The van der Waals surface area contributed by atoms with Crippen molar-refractivity contribution in [3.8, 4) is 0 Å². The second kappa shape index (κ2) is 7.57. The Balaban J connectivity index is 1.42. The van der Waals surface area contributed by atoms with Gasteiger partial charge in [-0.15, -0.1) is 0 Å². The summed E-state index contributed by atoms with van der Waals surface area (Å²) < 4.78 is 25.6. The van der Waals surface area contributed by atoms with Crippen LogP contribution in [0.15, 0.2) is 23.1 Å². The molecule has 0 N–H and O–H groups in total. The SMILES string of the molecule is CC1CCN(C(=O)CCS(=O)(=O)c2ccc3c(c2)CCC3)C2CCCCC12. The maximum absolute atomic E-state index is 12.9. The van der Waals surface area contributed by atoms with E-state index in [1.807, 2.05) is 17.0 Å². The second-order valence-electron chi connectivity index (χ2n) is 8.72. The van der Waals surface area contributed by atoms with E-state index in [2.05, 4.69) is 6.92 Å². The van der Waals surface area contributed by atoms with Gasteiger partial charge in [-0.2, -0.15) is 0 Å². The summed E-state index contributed by atoms with van der Waals surface area (Å²) in [6.45, 7) is 3.10. The van der Waals surface area contributed by atoms with Gasteiger partial charge in [-0.05, 0) is 73.6 Å². The van der Waals surface area contributed by atoms with Crippen LogP contribution in [0.2, 0.25) is 0 Å². The number of sulfone groups is 1. The molecule has 0 aromatic heterocycles. The largest absolute Gasteiger partial charge is 0.339 e. The van der Waals surface area contributed by atoms with E-state index in [0.29, 0.717) is 22.8 Å². The van der Waals surface area contributed by atoms with Crippen LogP contribution in [0.25, 0.3) is 0 Å². The Morgan fingerprint density at radius 2 is 1.85 bits per heavy atom. The van der Waals surface area contributed by atoms with Crippen LogP contribution in [-0.2, 0) is 27.5 Å². The van der Waals surface area contributed by atoms with E-state index in [1.165, 1.54) is 24.8 Å². The van der Waals surface area contributed by atoms with E-state index in [0.717, 1.165) is 44.2 Å². The fraction of sp³-hybridized carbons (Fsp3) is 0.682. The van der Waals surface area contributed by atoms with E-state index in [9.17, 15) is 13.2 Å². The number of amides is 1. The molecule has 1 amide bonds. The van der Waals surface area contributed by atoms with Crippen LogP contribution in [0.5, 0.6) is 0 Å². The van der Waals surface area contributed by atoms with Gasteiger partial charge in [0.1, 0.15) is 0 Å². The van der Waals surface area contributed by atoms with Crippen LogP contribution < -0.4 is 0 Å². The summed E-state index contributed by atoms with van der Waals surface area (Å²) in [6.07, 6.45) is 9.01. The molecule has 1 aromatic carbocycles. The monoisotopic (exact) mass is 389 g/mol. The van der Waals surface area contributed by atoms with Gasteiger partial charge in [0.05, 0.1) is 10.6 Å². The molecular weight excluding hydrogens is 358 g/mol. The molecular formula is C22H31NO3S. The smallest absolute Gasteiger partial charge is 0.223 e. The van der Waals surface area contributed by atoms with Crippen LogP contribution >= 0.6 is 0 Å². The van der Waals surface area contributed by atoms with Gasteiger partial charge in [-0.3, -0.25) is 4.79 Å². The molecule has 0 spiro atoms. The molecule has 0 radical (unpaired) electrons. The predicted octanol–water partition coefficient (Wildman–Crippen LogP) is 3.77. The van der Waals surface area contributed by atoms with Crippen molar-refractivity contribution < 1.29 is 13.2 Å².